The molecule has 2 nitrogen and oxygen atoms in total. The van der Waals surface area contributed by atoms with Crippen LogP contribution >= 0.6 is 23.1 Å². The highest BCUT2D eigenvalue weighted by atomic mass is 32.2. The second-order valence-electron chi connectivity index (χ2n) is 3.88. The molecule has 0 aliphatic heterocycles. The van der Waals surface area contributed by atoms with Crippen LogP contribution in [0.2, 0.25) is 0 Å². The monoisotopic (exact) mass is 244 g/mol. The Hall–Kier alpha value is -0.0600. The number of hydrogen-bond acceptors (Lipinski definition) is 4. The fraction of sp³-hybridized carbons (Fsp3) is 0.727. The molecule has 86 valence electrons. The number of aryl methyl sites for hydroxylation is 1. The summed E-state index contributed by atoms with van der Waals surface area (Å²) in [6.45, 7) is 6.57. The van der Waals surface area contributed by atoms with Gasteiger partial charge in [0.05, 0.1) is 11.2 Å². The topological polar surface area (TPSA) is 24.9 Å². The number of aromatic nitrogens is 1. The maximum Gasteiger partial charge on any atom is 0.0797 e. The smallest absolute Gasteiger partial charge is 0.0797 e. The van der Waals surface area contributed by atoms with Crippen molar-refractivity contribution in [3.63, 3.8) is 0 Å². The Kier molecular flexibility index (Phi) is 6.29. The van der Waals surface area contributed by atoms with Crippen molar-refractivity contribution in [1.29, 1.82) is 0 Å². The van der Waals surface area contributed by atoms with Gasteiger partial charge in [0, 0.05) is 11.4 Å². The van der Waals surface area contributed by atoms with Crippen molar-refractivity contribution < 1.29 is 0 Å². The summed E-state index contributed by atoms with van der Waals surface area (Å²) in [7, 11) is 0. The predicted octanol–water partition coefficient (Wildman–Crippen LogP) is 2.58. The third kappa shape index (κ3) is 5.00. The van der Waals surface area contributed by atoms with E-state index in [-0.39, 0.29) is 0 Å². The number of thiazole rings is 1. The maximum atomic E-state index is 4.25. The van der Waals surface area contributed by atoms with Gasteiger partial charge in [-0.2, -0.15) is 11.8 Å². The Morgan fingerprint density at radius 1 is 1.60 bits per heavy atom. The van der Waals surface area contributed by atoms with E-state index >= 15 is 0 Å². The van der Waals surface area contributed by atoms with Gasteiger partial charge in [-0.3, -0.25) is 0 Å². The van der Waals surface area contributed by atoms with Crippen LogP contribution in [0.5, 0.6) is 0 Å². The Balaban J connectivity index is 2.09. The molecule has 0 spiro atoms. The molecule has 1 aromatic heterocycles. The zero-order valence-corrected chi connectivity index (χ0v) is 11.4. The molecular weight excluding hydrogens is 224 g/mol. The Bertz CT molecular complexity index is 273. The van der Waals surface area contributed by atoms with Crippen molar-refractivity contribution in [3.05, 3.63) is 16.1 Å². The molecule has 0 aromatic carbocycles. The number of rotatable bonds is 7. The average molecular weight is 244 g/mol. The normalized spacial score (nSPS) is 13.0. The summed E-state index contributed by atoms with van der Waals surface area (Å²) in [6.07, 6.45) is 3.28. The first-order valence-corrected chi connectivity index (χ1v) is 7.60. The van der Waals surface area contributed by atoms with E-state index in [1.54, 1.807) is 11.3 Å². The minimum Gasteiger partial charge on any atom is -0.316 e. The quantitative estimate of drug-likeness (QED) is 0.746. The first-order valence-electron chi connectivity index (χ1n) is 5.32. The van der Waals surface area contributed by atoms with Crippen LogP contribution in [0.1, 0.15) is 17.5 Å². The van der Waals surface area contributed by atoms with Crippen molar-refractivity contribution >= 4 is 23.1 Å². The van der Waals surface area contributed by atoms with Crippen LogP contribution in [0.3, 0.4) is 0 Å². The van der Waals surface area contributed by atoms with E-state index < -0.39 is 0 Å². The standard InChI is InChI=1S/C11H20N2S2/c1-9(7-14-3)6-12-5-4-11-10(2)13-8-15-11/h8-9,12H,4-7H2,1-3H3. The predicted molar refractivity (Wildman–Crippen MR) is 71.0 cm³/mol. The first kappa shape index (κ1) is 13.0. The highest BCUT2D eigenvalue weighted by molar-refractivity contribution is 7.98. The first-order chi connectivity index (χ1) is 7.24. The maximum absolute atomic E-state index is 4.25. The molecule has 0 saturated heterocycles. The zero-order valence-electron chi connectivity index (χ0n) is 9.75. The Labute approximate surface area is 101 Å². The van der Waals surface area contributed by atoms with Crippen LogP contribution in [0, 0.1) is 12.8 Å². The minimum atomic E-state index is 0.766. The van der Waals surface area contributed by atoms with Crippen LogP contribution in [-0.2, 0) is 6.42 Å². The van der Waals surface area contributed by atoms with Crippen LogP contribution in [-0.4, -0.2) is 30.1 Å². The molecule has 0 aliphatic carbocycles. The number of nitrogens with one attached hydrogen (secondary N) is 1. The van der Waals surface area contributed by atoms with Crippen molar-refractivity contribution in [2.45, 2.75) is 20.3 Å². The molecule has 0 amide bonds. The van der Waals surface area contributed by atoms with Crippen molar-refractivity contribution in [2.24, 2.45) is 5.92 Å². The fourth-order valence-electron chi connectivity index (χ4n) is 1.46. The molecule has 1 unspecified atom stereocenters. The highest BCUT2D eigenvalue weighted by Gasteiger charge is 2.02. The zero-order chi connectivity index (χ0) is 11.1. The molecule has 0 radical (unpaired) electrons. The van der Waals surface area contributed by atoms with Gasteiger partial charge >= 0.3 is 0 Å². The van der Waals surface area contributed by atoms with E-state index in [0.29, 0.717) is 0 Å². The lowest BCUT2D eigenvalue weighted by atomic mass is 10.2. The molecule has 1 N–H and O–H groups in total. The molecule has 4 heteroatoms. The van der Waals surface area contributed by atoms with Gasteiger partial charge in [-0.1, -0.05) is 6.92 Å². The van der Waals surface area contributed by atoms with Gasteiger partial charge in [0.15, 0.2) is 0 Å². The SMILES string of the molecule is CSCC(C)CNCCc1scnc1C. The largest absolute Gasteiger partial charge is 0.316 e. The van der Waals surface area contributed by atoms with Crippen molar-refractivity contribution in [1.82, 2.24) is 10.3 Å². The van der Waals surface area contributed by atoms with Crippen LogP contribution in [0.4, 0.5) is 0 Å². The summed E-state index contributed by atoms with van der Waals surface area (Å²) >= 11 is 3.68. The summed E-state index contributed by atoms with van der Waals surface area (Å²) < 4.78 is 0. The molecule has 0 bridgehead atoms. The Morgan fingerprint density at radius 3 is 3.00 bits per heavy atom. The lowest BCUT2D eigenvalue weighted by molar-refractivity contribution is 0.562. The van der Waals surface area contributed by atoms with Crippen molar-refractivity contribution in [3.8, 4) is 0 Å². The van der Waals surface area contributed by atoms with Gasteiger partial charge in [-0.05, 0) is 37.8 Å². The van der Waals surface area contributed by atoms with Crippen LogP contribution < -0.4 is 5.32 Å². The summed E-state index contributed by atoms with van der Waals surface area (Å²) in [5.41, 5.74) is 3.13. The van der Waals surface area contributed by atoms with Gasteiger partial charge in [-0.25, -0.2) is 4.98 Å². The summed E-state index contributed by atoms with van der Waals surface area (Å²) in [5, 5.41) is 3.50. The van der Waals surface area contributed by atoms with Gasteiger partial charge < -0.3 is 5.32 Å². The highest BCUT2D eigenvalue weighted by Crippen LogP contribution is 2.12. The average Bonchev–Trinajstić information content (AvgIpc) is 2.60. The van der Waals surface area contributed by atoms with E-state index in [4.69, 9.17) is 0 Å². The van der Waals surface area contributed by atoms with Gasteiger partial charge in [0.1, 0.15) is 0 Å². The van der Waals surface area contributed by atoms with E-state index in [2.05, 4.69) is 30.4 Å². The van der Waals surface area contributed by atoms with E-state index in [0.717, 1.165) is 25.4 Å². The Morgan fingerprint density at radius 2 is 2.40 bits per heavy atom. The second-order valence-corrected chi connectivity index (χ2v) is 5.73. The minimum absolute atomic E-state index is 0.766. The second kappa shape index (κ2) is 7.25. The van der Waals surface area contributed by atoms with E-state index in [9.17, 15) is 0 Å². The molecule has 1 heterocycles. The third-order valence-electron chi connectivity index (χ3n) is 2.32. The fourth-order valence-corrected chi connectivity index (χ4v) is 2.93. The van der Waals surface area contributed by atoms with Crippen molar-refractivity contribution in [2.75, 3.05) is 25.1 Å². The van der Waals surface area contributed by atoms with Crippen LogP contribution in [0.25, 0.3) is 0 Å². The molecule has 1 rings (SSSR count). The molecule has 0 aliphatic rings. The molecule has 15 heavy (non-hydrogen) atoms. The third-order valence-corrected chi connectivity index (χ3v) is 4.21. The van der Waals surface area contributed by atoms with E-state index in [1.165, 1.54) is 16.3 Å². The lowest BCUT2D eigenvalue weighted by Crippen LogP contribution is -2.24. The van der Waals surface area contributed by atoms with E-state index in [1.807, 2.05) is 17.3 Å². The van der Waals surface area contributed by atoms with Gasteiger partial charge in [-0.15, -0.1) is 11.3 Å². The van der Waals surface area contributed by atoms with Gasteiger partial charge in [0.2, 0.25) is 0 Å². The molecule has 1 aromatic rings. The molecular formula is C11H20N2S2. The molecule has 0 saturated carbocycles. The van der Waals surface area contributed by atoms with Crippen LogP contribution in [0.15, 0.2) is 5.51 Å². The number of hydrogen-bond donors (Lipinski definition) is 1. The molecule has 0 fully saturated rings. The van der Waals surface area contributed by atoms with Gasteiger partial charge in [0.25, 0.3) is 0 Å². The summed E-state index contributed by atoms with van der Waals surface area (Å²) in [6, 6.07) is 0. The number of nitrogens with zero attached hydrogens (tertiary/aromatic N) is 1. The summed E-state index contributed by atoms with van der Waals surface area (Å²) in [5.74, 6) is 2.01. The summed E-state index contributed by atoms with van der Waals surface area (Å²) in [4.78, 5) is 5.66. The molecule has 1 atom stereocenters. The lowest BCUT2D eigenvalue weighted by Gasteiger charge is -2.10. The number of thioether (sulfide) groups is 1.